The Kier molecular flexibility index (Phi) is 5.10. The zero-order valence-corrected chi connectivity index (χ0v) is 13.7. The van der Waals surface area contributed by atoms with Gasteiger partial charge < -0.3 is 5.32 Å². The van der Waals surface area contributed by atoms with Crippen molar-refractivity contribution in [3.63, 3.8) is 0 Å². The van der Waals surface area contributed by atoms with Crippen LogP contribution in [0.25, 0.3) is 11.3 Å². The molecule has 0 spiro atoms. The fourth-order valence-corrected chi connectivity index (χ4v) is 4.35. The molecule has 6 heteroatoms. The van der Waals surface area contributed by atoms with Crippen LogP contribution in [-0.2, 0) is 4.79 Å². The molecule has 0 bridgehead atoms. The van der Waals surface area contributed by atoms with Crippen molar-refractivity contribution in [2.24, 2.45) is 0 Å². The highest BCUT2D eigenvalue weighted by molar-refractivity contribution is 8.00. The first-order valence-electron chi connectivity index (χ1n) is 7.33. The van der Waals surface area contributed by atoms with Crippen molar-refractivity contribution in [3.05, 3.63) is 35.5 Å². The van der Waals surface area contributed by atoms with Gasteiger partial charge in [0.1, 0.15) is 5.82 Å². The number of thioether (sulfide) groups is 1. The highest BCUT2D eigenvalue weighted by Crippen LogP contribution is 2.30. The maximum atomic E-state index is 12.9. The van der Waals surface area contributed by atoms with E-state index in [1.807, 2.05) is 5.38 Å². The highest BCUT2D eigenvalue weighted by Gasteiger charge is 2.17. The second-order valence-corrected chi connectivity index (χ2v) is 7.46. The third-order valence-electron chi connectivity index (χ3n) is 3.64. The molecule has 1 heterocycles. The molecule has 1 aliphatic rings. The number of hydrogen-bond acceptors (Lipinski definition) is 4. The molecule has 1 aromatic carbocycles. The molecule has 1 saturated carbocycles. The summed E-state index contributed by atoms with van der Waals surface area (Å²) in [6.07, 6.45) is 5.02. The largest absolute Gasteiger partial charge is 0.301 e. The summed E-state index contributed by atoms with van der Waals surface area (Å²) in [5, 5.41) is 5.94. The molecule has 1 fully saturated rings. The van der Waals surface area contributed by atoms with E-state index in [9.17, 15) is 9.18 Å². The van der Waals surface area contributed by atoms with Gasteiger partial charge >= 0.3 is 0 Å². The van der Waals surface area contributed by atoms with Crippen LogP contribution in [0.4, 0.5) is 9.52 Å². The molecule has 0 atom stereocenters. The molecule has 1 amide bonds. The fraction of sp³-hybridized carbons (Fsp3) is 0.375. The van der Waals surface area contributed by atoms with Gasteiger partial charge in [-0.1, -0.05) is 12.8 Å². The molecule has 1 aromatic heterocycles. The standard InChI is InChI=1S/C16H17FN2OS2/c17-12-7-5-11(6-8-12)14-9-22-16(18-14)19-15(20)10-21-13-3-1-2-4-13/h5-9,13H,1-4,10H2,(H,18,19,20). The van der Waals surface area contributed by atoms with E-state index in [-0.39, 0.29) is 11.7 Å². The number of carbonyl (C=O) groups excluding carboxylic acids is 1. The van der Waals surface area contributed by atoms with Gasteiger partial charge in [0.05, 0.1) is 11.4 Å². The van der Waals surface area contributed by atoms with E-state index in [2.05, 4.69) is 10.3 Å². The molecule has 2 aromatic rings. The van der Waals surface area contributed by atoms with Crippen LogP contribution in [0.2, 0.25) is 0 Å². The van der Waals surface area contributed by atoms with Crippen LogP contribution in [0.5, 0.6) is 0 Å². The van der Waals surface area contributed by atoms with E-state index >= 15 is 0 Å². The smallest absolute Gasteiger partial charge is 0.236 e. The van der Waals surface area contributed by atoms with Crippen LogP contribution in [-0.4, -0.2) is 21.9 Å². The first-order valence-corrected chi connectivity index (χ1v) is 9.26. The van der Waals surface area contributed by atoms with Crippen LogP contribution in [0.3, 0.4) is 0 Å². The average Bonchev–Trinajstić information content (AvgIpc) is 3.17. The van der Waals surface area contributed by atoms with Gasteiger partial charge in [0.15, 0.2) is 5.13 Å². The Balaban J connectivity index is 1.54. The van der Waals surface area contributed by atoms with E-state index in [1.165, 1.54) is 49.2 Å². The monoisotopic (exact) mass is 336 g/mol. The summed E-state index contributed by atoms with van der Waals surface area (Å²) in [7, 11) is 0. The molecule has 116 valence electrons. The molecule has 0 saturated heterocycles. The number of thiazole rings is 1. The summed E-state index contributed by atoms with van der Waals surface area (Å²) < 4.78 is 12.9. The number of rotatable bonds is 5. The van der Waals surface area contributed by atoms with Crippen LogP contribution in [0.1, 0.15) is 25.7 Å². The van der Waals surface area contributed by atoms with Gasteiger partial charge in [0.2, 0.25) is 5.91 Å². The predicted molar refractivity (Wildman–Crippen MR) is 90.9 cm³/mol. The van der Waals surface area contributed by atoms with Gasteiger partial charge in [0.25, 0.3) is 0 Å². The molecule has 3 rings (SSSR count). The number of hydrogen-bond donors (Lipinski definition) is 1. The second kappa shape index (κ2) is 7.24. The molecular weight excluding hydrogens is 319 g/mol. The summed E-state index contributed by atoms with van der Waals surface area (Å²) in [4.78, 5) is 16.3. The number of nitrogens with zero attached hydrogens (tertiary/aromatic N) is 1. The van der Waals surface area contributed by atoms with Crippen LogP contribution in [0.15, 0.2) is 29.6 Å². The van der Waals surface area contributed by atoms with Gasteiger partial charge in [-0.15, -0.1) is 23.1 Å². The Morgan fingerprint density at radius 2 is 2.05 bits per heavy atom. The minimum Gasteiger partial charge on any atom is -0.301 e. The van der Waals surface area contributed by atoms with Crippen molar-refractivity contribution in [2.45, 2.75) is 30.9 Å². The number of halogens is 1. The SMILES string of the molecule is O=C(CSC1CCCC1)Nc1nc(-c2ccc(F)cc2)cs1. The van der Waals surface area contributed by atoms with Crippen molar-refractivity contribution in [1.29, 1.82) is 0 Å². The fourth-order valence-electron chi connectivity index (χ4n) is 2.49. The highest BCUT2D eigenvalue weighted by atomic mass is 32.2. The summed E-state index contributed by atoms with van der Waals surface area (Å²) in [5.41, 5.74) is 1.60. The van der Waals surface area contributed by atoms with Gasteiger partial charge in [-0.05, 0) is 37.1 Å². The first kappa shape index (κ1) is 15.5. The summed E-state index contributed by atoms with van der Waals surface area (Å²) >= 11 is 3.13. The molecule has 0 radical (unpaired) electrons. The Hall–Kier alpha value is -1.40. The lowest BCUT2D eigenvalue weighted by Gasteiger charge is -2.07. The summed E-state index contributed by atoms with van der Waals surface area (Å²) in [6, 6.07) is 6.19. The number of nitrogens with one attached hydrogen (secondary N) is 1. The van der Waals surface area contributed by atoms with Crippen LogP contribution < -0.4 is 5.32 Å². The third kappa shape index (κ3) is 4.08. The first-order chi connectivity index (χ1) is 10.7. The van der Waals surface area contributed by atoms with E-state index in [0.717, 1.165) is 11.3 Å². The van der Waals surface area contributed by atoms with Crippen molar-refractivity contribution in [2.75, 3.05) is 11.1 Å². The molecule has 0 unspecified atom stereocenters. The lowest BCUT2D eigenvalue weighted by Crippen LogP contribution is -2.15. The zero-order valence-electron chi connectivity index (χ0n) is 12.0. The van der Waals surface area contributed by atoms with Gasteiger partial charge in [-0.3, -0.25) is 4.79 Å². The van der Waals surface area contributed by atoms with Crippen molar-refractivity contribution < 1.29 is 9.18 Å². The van der Waals surface area contributed by atoms with Crippen LogP contribution >= 0.6 is 23.1 Å². The summed E-state index contributed by atoms with van der Waals surface area (Å²) in [6.45, 7) is 0. The number of amides is 1. The maximum absolute atomic E-state index is 12.9. The number of carbonyl (C=O) groups is 1. The number of benzene rings is 1. The van der Waals surface area contributed by atoms with E-state index in [1.54, 1.807) is 23.9 Å². The van der Waals surface area contributed by atoms with Gasteiger partial charge in [-0.25, -0.2) is 9.37 Å². The number of aromatic nitrogens is 1. The van der Waals surface area contributed by atoms with E-state index < -0.39 is 0 Å². The van der Waals surface area contributed by atoms with Gasteiger partial charge in [-0.2, -0.15) is 0 Å². The maximum Gasteiger partial charge on any atom is 0.236 e. The molecule has 22 heavy (non-hydrogen) atoms. The normalized spacial score (nSPS) is 15.1. The lowest BCUT2D eigenvalue weighted by molar-refractivity contribution is -0.113. The van der Waals surface area contributed by atoms with Crippen molar-refractivity contribution in [3.8, 4) is 11.3 Å². The Morgan fingerprint density at radius 1 is 1.32 bits per heavy atom. The van der Waals surface area contributed by atoms with Gasteiger partial charge in [0, 0.05) is 16.2 Å². The topological polar surface area (TPSA) is 42.0 Å². The van der Waals surface area contributed by atoms with Crippen molar-refractivity contribution in [1.82, 2.24) is 4.98 Å². The Morgan fingerprint density at radius 3 is 2.77 bits per heavy atom. The molecular formula is C16H17FN2OS2. The minimum absolute atomic E-state index is 0.00286. The van der Waals surface area contributed by atoms with E-state index in [0.29, 0.717) is 16.1 Å². The lowest BCUT2D eigenvalue weighted by atomic mass is 10.2. The van der Waals surface area contributed by atoms with Crippen molar-refractivity contribution >= 4 is 34.1 Å². The quantitative estimate of drug-likeness (QED) is 0.870. The van der Waals surface area contributed by atoms with E-state index in [4.69, 9.17) is 0 Å². The predicted octanol–water partition coefficient (Wildman–Crippen LogP) is 4.56. The molecule has 3 nitrogen and oxygen atoms in total. The molecule has 1 N–H and O–H groups in total. The zero-order chi connectivity index (χ0) is 15.4. The molecule has 1 aliphatic carbocycles. The summed E-state index contributed by atoms with van der Waals surface area (Å²) in [5.74, 6) is 0.212. The third-order valence-corrected chi connectivity index (χ3v) is 5.77. The Labute approximate surface area is 137 Å². The Bertz CT molecular complexity index is 636. The van der Waals surface area contributed by atoms with Crippen LogP contribution in [0, 0.1) is 5.82 Å². The minimum atomic E-state index is -0.267. The molecule has 0 aliphatic heterocycles. The average molecular weight is 336 g/mol. The second-order valence-electron chi connectivity index (χ2n) is 5.31. The number of anilines is 1.